The van der Waals surface area contributed by atoms with E-state index in [4.69, 9.17) is 0 Å². The molecule has 0 aliphatic heterocycles. The molecule has 0 aliphatic rings. The van der Waals surface area contributed by atoms with Gasteiger partial charge in [-0.1, -0.05) is 42.5 Å². The SMILES string of the molecule is CC(CCc1ccccc1)NC(=O)Cc1ccc(-n2cccn2)cc1. The summed E-state index contributed by atoms with van der Waals surface area (Å²) in [5.41, 5.74) is 3.30. The molecule has 1 atom stereocenters. The highest BCUT2D eigenvalue weighted by molar-refractivity contribution is 5.78. The van der Waals surface area contributed by atoms with Crippen molar-refractivity contribution in [2.45, 2.75) is 32.2 Å². The topological polar surface area (TPSA) is 46.9 Å². The minimum atomic E-state index is 0.0624. The van der Waals surface area contributed by atoms with Gasteiger partial charge < -0.3 is 5.32 Å². The van der Waals surface area contributed by atoms with Gasteiger partial charge in [-0.2, -0.15) is 5.10 Å². The molecular weight excluding hydrogens is 310 g/mol. The van der Waals surface area contributed by atoms with E-state index in [2.05, 4.69) is 29.5 Å². The lowest BCUT2D eigenvalue weighted by atomic mass is 10.1. The first-order valence-electron chi connectivity index (χ1n) is 8.63. The molecule has 3 aromatic rings. The van der Waals surface area contributed by atoms with E-state index >= 15 is 0 Å². The summed E-state index contributed by atoms with van der Waals surface area (Å²) in [7, 11) is 0. The van der Waals surface area contributed by atoms with Gasteiger partial charge in [0.25, 0.3) is 0 Å². The zero-order chi connectivity index (χ0) is 17.5. The van der Waals surface area contributed by atoms with Crippen LogP contribution in [0.2, 0.25) is 0 Å². The standard InChI is InChI=1S/C21H23N3O/c1-17(8-9-18-6-3-2-4-7-18)23-21(25)16-19-10-12-20(13-11-19)24-15-5-14-22-24/h2-7,10-15,17H,8-9,16H2,1H3,(H,23,25). The fraction of sp³-hybridized carbons (Fsp3) is 0.238. The van der Waals surface area contributed by atoms with E-state index in [9.17, 15) is 4.79 Å². The van der Waals surface area contributed by atoms with Crippen LogP contribution in [0.4, 0.5) is 0 Å². The molecular formula is C21H23N3O. The second-order valence-electron chi connectivity index (χ2n) is 6.29. The molecule has 0 saturated carbocycles. The van der Waals surface area contributed by atoms with Crippen molar-refractivity contribution >= 4 is 5.91 Å². The second kappa shape index (κ2) is 8.29. The predicted molar refractivity (Wildman–Crippen MR) is 99.6 cm³/mol. The number of nitrogens with one attached hydrogen (secondary N) is 1. The van der Waals surface area contributed by atoms with Crippen LogP contribution in [0.25, 0.3) is 5.69 Å². The largest absolute Gasteiger partial charge is 0.353 e. The molecule has 25 heavy (non-hydrogen) atoms. The average molecular weight is 333 g/mol. The molecule has 0 saturated heterocycles. The molecule has 1 aromatic heterocycles. The number of carbonyl (C=O) groups is 1. The molecule has 0 fully saturated rings. The van der Waals surface area contributed by atoms with Crippen LogP contribution in [0.15, 0.2) is 73.1 Å². The van der Waals surface area contributed by atoms with E-state index in [0.29, 0.717) is 6.42 Å². The van der Waals surface area contributed by atoms with E-state index < -0.39 is 0 Å². The van der Waals surface area contributed by atoms with Crippen LogP contribution in [0.1, 0.15) is 24.5 Å². The Morgan fingerprint density at radius 1 is 1.04 bits per heavy atom. The fourth-order valence-electron chi connectivity index (χ4n) is 2.80. The molecule has 128 valence electrons. The lowest BCUT2D eigenvalue weighted by molar-refractivity contribution is -0.121. The van der Waals surface area contributed by atoms with Gasteiger partial charge >= 0.3 is 0 Å². The summed E-state index contributed by atoms with van der Waals surface area (Å²) in [6.07, 6.45) is 5.96. The van der Waals surface area contributed by atoms with Crippen LogP contribution in [0.3, 0.4) is 0 Å². The van der Waals surface area contributed by atoms with Gasteiger partial charge in [-0.05, 0) is 49.1 Å². The monoisotopic (exact) mass is 333 g/mol. The van der Waals surface area contributed by atoms with Crippen LogP contribution in [-0.4, -0.2) is 21.7 Å². The lowest BCUT2D eigenvalue weighted by Crippen LogP contribution is -2.34. The first-order chi connectivity index (χ1) is 12.2. The molecule has 0 radical (unpaired) electrons. The Bertz CT molecular complexity index is 780. The van der Waals surface area contributed by atoms with Crippen LogP contribution in [0, 0.1) is 0 Å². The Hall–Kier alpha value is -2.88. The van der Waals surface area contributed by atoms with Crippen LogP contribution < -0.4 is 5.32 Å². The third-order valence-electron chi connectivity index (χ3n) is 4.19. The number of nitrogens with zero attached hydrogens (tertiary/aromatic N) is 2. The molecule has 4 nitrogen and oxygen atoms in total. The Labute approximate surface area is 148 Å². The van der Waals surface area contributed by atoms with Crippen molar-refractivity contribution in [2.75, 3.05) is 0 Å². The molecule has 1 N–H and O–H groups in total. The van der Waals surface area contributed by atoms with Gasteiger partial charge in [-0.15, -0.1) is 0 Å². The van der Waals surface area contributed by atoms with E-state index in [1.807, 2.05) is 54.7 Å². The lowest BCUT2D eigenvalue weighted by Gasteiger charge is -2.14. The zero-order valence-electron chi connectivity index (χ0n) is 14.4. The molecule has 3 rings (SSSR count). The first-order valence-corrected chi connectivity index (χ1v) is 8.63. The predicted octanol–water partition coefficient (Wildman–Crippen LogP) is 3.55. The minimum Gasteiger partial charge on any atom is -0.353 e. The van der Waals surface area contributed by atoms with Gasteiger partial charge in [0, 0.05) is 18.4 Å². The number of hydrogen-bond acceptors (Lipinski definition) is 2. The second-order valence-corrected chi connectivity index (χ2v) is 6.29. The van der Waals surface area contributed by atoms with E-state index in [1.165, 1.54) is 5.56 Å². The number of aryl methyl sites for hydroxylation is 1. The third kappa shape index (κ3) is 5.05. The Morgan fingerprint density at radius 2 is 1.80 bits per heavy atom. The molecule has 0 bridgehead atoms. The number of hydrogen-bond donors (Lipinski definition) is 1. The van der Waals surface area contributed by atoms with Gasteiger partial charge in [-0.25, -0.2) is 4.68 Å². The van der Waals surface area contributed by atoms with Crippen LogP contribution in [0.5, 0.6) is 0 Å². The zero-order valence-corrected chi connectivity index (χ0v) is 14.4. The smallest absolute Gasteiger partial charge is 0.224 e. The van der Waals surface area contributed by atoms with Crippen molar-refractivity contribution in [1.29, 1.82) is 0 Å². The van der Waals surface area contributed by atoms with Gasteiger partial charge in [0.05, 0.1) is 12.1 Å². The van der Waals surface area contributed by atoms with Crippen molar-refractivity contribution in [3.63, 3.8) is 0 Å². The Balaban J connectivity index is 1.47. The summed E-state index contributed by atoms with van der Waals surface area (Å²) in [5.74, 6) is 0.0624. The Morgan fingerprint density at radius 3 is 2.48 bits per heavy atom. The van der Waals surface area contributed by atoms with Gasteiger partial charge in [-0.3, -0.25) is 4.79 Å². The van der Waals surface area contributed by atoms with Crippen molar-refractivity contribution in [2.24, 2.45) is 0 Å². The van der Waals surface area contributed by atoms with Gasteiger partial charge in [0.2, 0.25) is 5.91 Å². The maximum Gasteiger partial charge on any atom is 0.224 e. The number of carbonyl (C=O) groups excluding carboxylic acids is 1. The molecule has 4 heteroatoms. The quantitative estimate of drug-likeness (QED) is 0.719. The third-order valence-corrected chi connectivity index (χ3v) is 4.19. The maximum atomic E-state index is 12.2. The van der Waals surface area contributed by atoms with Crippen molar-refractivity contribution in [3.05, 3.63) is 84.2 Å². The van der Waals surface area contributed by atoms with Crippen molar-refractivity contribution < 1.29 is 4.79 Å². The highest BCUT2D eigenvalue weighted by Crippen LogP contribution is 2.10. The van der Waals surface area contributed by atoms with Gasteiger partial charge in [0.1, 0.15) is 0 Å². The van der Waals surface area contributed by atoms with E-state index in [-0.39, 0.29) is 11.9 Å². The molecule has 0 spiro atoms. The van der Waals surface area contributed by atoms with Gasteiger partial charge in [0.15, 0.2) is 0 Å². The van der Waals surface area contributed by atoms with Crippen LogP contribution >= 0.6 is 0 Å². The van der Waals surface area contributed by atoms with Crippen molar-refractivity contribution in [1.82, 2.24) is 15.1 Å². The summed E-state index contributed by atoms with van der Waals surface area (Å²) < 4.78 is 1.80. The summed E-state index contributed by atoms with van der Waals surface area (Å²) in [5, 5.41) is 7.28. The fourth-order valence-corrected chi connectivity index (χ4v) is 2.80. The van der Waals surface area contributed by atoms with Crippen molar-refractivity contribution in [3.8, 4) is 5.69 Å². The highest BCUT2D eigenvalue weighted by Gasteiger charge is 2.09. The average Bonchev–Trinajstić information content (AvgIpc) is 3.16. The molecule has 1 heterocycles. The normalized spacial score (nSPS) is 11.9. The number of rotatable bonds is 7. The summed E-state index contributed by atoms with van der Waals surface area (Å²) in [4.78, 5) is 12.2. The maximum absolute atomic E-state index is 12.2. The number of benzene rings is 2. The molecule has 0 aliphatic carbocycles. The summed E-state index contributed by atoms with van der Waals surface area (Å²) in [6.45, 7) is 2.06. The molecule has 2 aromatic carbocycles. The number of amides is 1. The van der Waals surface area contributed by atoms with Crippen LogP contribution in [-0.2, 0) is 17.6 Å². The minimum absolute atomic E-state index is 0.0624. The van der Waals surface area contributed by atoms with E-state index in [0.717, 1.165) is 24.1 Å². The highest BCUT2D eigenvalue weighted by atomic mass is 16.1. The molecule has 1 unspecified atom stereocenters. The number of aromatic nitrogens is 2. The first kappa shape index (κ1) is 17.0. The molecule has 1 amide bonds. The van der Waals surface area contributed by atoms with E-state index in [1.54, 1.807) is 10.9 Å². The summed E-state index contributed by atoms with van der Waals surface area (Å²) >= 11 is 0. The summed E-state index contributed by atoms with van der Waals surface area (Å²) in [6, 6.07) is 20.3. The Kier molecular flexibility index (Phi) is 5.62.